The Bertz CT molecular complexity index is 802. The van der Waals surface area contributed by atoms with Gasteiger partial charge in [-0.15, -0.1) is 0 Å². The Labute approximate surface area is 214 Å². The third kappa shape index (κ3) is 13.5. The van der Waals surface area contributed by atoms with Crippen molar-refractivity contribution in [2.24, 2.45) is 38.7 Å². The maximum atomic E-state index is 13.0. The van der Waals surface area contributed by atoms with Crippen LogP contribution in [-0.2, 0) is 19.2 Å². The molecule has 36 heavy (non-hydrogen) atoms. The van der Waals surface area contributed by atoms with Crippen LogP contribution in [0.5, 0.6) is 0 Å². The van der Waals surface area contributed by atoms with Gasteiger partial charge in [-0.2, -0.15) is 12.6 Å². The first kappa shape index (κ1) is 32.7. The number of thiol groups is 1. The van der Waals surface area contributed by atoms with Gasteiger partial charge in [-0.3, -0.25) is 24.4 Å². The first-order valence-electron chi connectivity index (χ1n) is 11.1. The molecule has 0 aliphatic heterocycles. The minimum Gasteiger partial charge on any atom is -0.480 e. The second-order valence-corrected chi connectivity index (χ2v) is 8.24. The molecule has 0 aliphatic carbocycles. The molecule has 206 valence electrons. The van der Waals surface area contributed by atoms with Gasteiger partial charge in [-0.25, -0.2) is 4.79 Å². The predicted octanol–water partition coefficient (Wildman–Crippen LogP) is -4.73. The number of amides is 3. The Hall–Kier alpha value is -3.31. The molecule has 0 fully saturated rings. The molecular formula is C19H38N10O6S. The Kier molecular flexibility index (Phi) is 15.6. The van der Waals surface area contributed by atoms with Crippen molar-refractivity contribution in [3.8, 4) is 0 Å². The quantitative estimate of drug-likeness (QED) is 0.0364. The highest BCUT2D eigenvalue weighted by atomic mass is 32.1. The fraction of sp³-hybridized carbons (Fsp3) is 0.684. The number of aliphatic hydroxyl groups is 1. The number of nitrogens with one attached hydrogen (secondary N) is 3. The Balaban J connectivity index is 5.40. The number of carbonyl (C=O) groups is 4. The van der Waals surface area contributed by atoms with E-state index >= 15 is 0 Å². The molecule has 0 aromatic carbocycles. The van der Waals surface area contributed by atoms with Crippen LogP contribution in [0.15, 0.2) is 9.98 Å². The average molecular weight is 535 g/mol. The Morgan fingerprint density at radius 2 is 1.33 bits per heavy atom. The summed E-state index contributed by atoms with van der Waals surface area (Å²) in [7, 11) is 0. The van der Waals surface area contributed by atoms with E-state index in [1.165, 1.54) is 6.92 Å². The predicted molar refractivity (Wildman–Crippen MR) is 137 cm³/mol. The minimum atomic E-state index is -1.51. The van der Waals surface area contributed by atoms with Crippen molar-refractivity contribution in [2.45, 2.75) is 62.9 Å². The summed E-state index contributed by atoms with van der Waals surface area (Å²) in [4.78, 5) is 56.8. The zero-order valence-electron chi connectivity index (χ0n) is 20.1. The van der Waals surface area contributed by atoms with E-state index in [9.17, 15) is 24.3 Å². The highest BCUT2D eigenvalue weighted by Crippen LogP contribution is 2.04. The van der Waals surface area contributed by atoms with Crippen LogP contribution in [0.2, 0.25) is 0 Å². The lowest BCUT2D eigenvalue weighted by atomic mass is 10.1. The molecule has 0 saturated heterocycles. The van der Waals surface area contributed by atoms with Crippen molar-refractivity contribution in [2.75, 3.05) is 18.8 Å². The van der Waals surface area contributed by atoms with Gasteiger partial charge in [0.2, 0.25) is 17.7 Å². The molecule has 0 saturated carbocycles. The number of hydrogen-bond acceptors (Lipinski definition) is 9. The van der Waals surface area contributed by atoms with Gasteiger partial charge in [0, 0.05) is 18.8 Å². The van der Waals surface area contributed by atoms with Gasteiger partial charge in [0.25, 0.3) is 0 Å². The lowest BCUT2D eigenvalue weighted by Crippen LogP contribution is -2.60. The van der Waals surface area contributed by atoms with Gasteiger partial charge >= 0.3 is 5.97 Å². The van der Waals surface area contributed by atoms with Crippen molar-refractivity contribution in [3.05, 3.63) is 0 Å². The number of nitrogens with zero attached hydrogens (tertiary/aromatic N) is 2. The van der Waals surface area contributed by atoms with Crippen molar-refractivity contribution in [3.63, 3.8) is 0 Å². The SMILES string of the molecule is CC(O)C(NC(=O)C(CCCN=C(N)N)NC(=O)C(N)CCCN=C(N)N)C(=O)NC(CS)C(=O)O. The molecule has 15 N–H and O–H groups in total. The van der Waals surface area contributed by atoms with Crippen LogP contribution in [0.3, 0.4) is 0 Å². The van der Waals surface area contributed by atoms with Gasteiger partial charge in [-0.05, 0) is 32.6 Å². The minimum absolute atomic E-state index is 0.0671. The van der Waals surface area contributed by atoms with E-state index in [1.807, 2.05) is 0 Å². The molecule has 0 heterocycles. The summed E-state index contributed by atoms with van der Waals surface area (Å²) in [5.41, 5.74) is 27.0. The summed E-state index contributed by atoms with van der Waals surface area (Å²) >= 11 is 3.86. The highest BCUT2D eigenvalue weighted by molar-refractivity contribution is 7.80. The summed E-state index contributed by atoms with van der Waals surface area (Å²) in [6.45, 7) is 1.66. The molecule has 0 aromatic heterocycles. The van der Waals surface area contributed by atoms with E-state index in [4.69, 9.17) is 33.8 Å². The largest absolute Gasteiger partial charge is 0.480 e. The maximum Gasteiger partial charge on any atom is 0.327 e. The standard InChI is InChI=1S/C19H38N10O6S/c1-9(30)13(16(33)28-12(8-36)17(34)35)29-15(32)11(5-3-7-26-19(23)24)27-14(31)10(20)4-2-6-25-18(21)22/h9-13,30,36H,2-8,20H2,1H3,(H,27,31)(H,28,33)(H,29,32)(H,34,35)(H4,21,22,25)(H4,23,24,26). The zero-order chi connectivity index (χ0) is 27.8. The monoisotopic (exact) mass is 534 g/mol. The van der Waals surface area contributed by atoms with Crippen LogP contribution in [0, 0.1) is 0 Å². The molecule has 0 rings (SSSR count). The first-order chi connectivity index (χ1) is 16.8. The van der Waals surface area contributed by atoms with Crippen molar-refractivity contribution in [1.29, 1.82) is 0 Å². The smallest absolute Gasteiger partial charge is 0.327 e. The number of carboxylic acids is 1. The second kappa shape index (κ2) is 17.2. The summed E-state index contributed by atoms with van der Waals surface area (Å²) < 4.78 is 0. The third-order valence-corrected chi connectivity index (χ3v) is 5.11. The first-order valence-corrected chi connectivity index (χ1v) is 11.7. The van der Waals surface area contributed by atoms with Crippen molar-refractivity contribution >= 4 is 48.2 Å². The van der Waals surface area contributed by atoms with Gasteiger partial charge < -0.3 is 54.8 Å². The topological polar surface area (TPSA) is 300 Å². The van der Waals surface area contributed by atoms with Gasteiger partial charge in [0.05, 0.1) is 12.1 Å². The molecular weight excluding hydrogens is 496 g/mol. The van der Waals surface area contributed by atoms with E-state index in [1.54, 1.807) is 0 Å². The van der Waals surface area contributed by atoms with Crippen LogP contribution in [-0.4, -0.2) is 94.9 Å². The van der Waals surface area contributed by atoms with Crippen LogP contribution in [0.4, 0.5) is 0 Å². The molecule has 5 atom stereocenters. The van der Waals surface area contributed by atoms with Gasteiger partial charge in [0.15, 0.2) is 11.9 Å². The van der Waals surface area contributed by atoms with E-state index in [0.29, 0.717) is 6.42 Å². The number of hydrogen-bond donors (Lipinski definition) is 11. The summed E-state index contributed by atoms with van der Waals surface area (Å²) in [6.07, 6.45) is -0.406. The number of nitrogens with two attached hydrogens (primary N) is 5. The van der Waals surface area contributed by atoms with Crippen LogP contribution in [0.1, 0.15) is 32.6 Å². The number of carbonyl (C=O) groups excluding carboxylic acids is 3. The van der Waals surface area contributed by atoms with Crippen molar-refractivity contribution < 1.29 is 29.4 Å². The molecule has 0 bridgehead atoms. The van der Waals surface area contributed by atoms with E-state index in [0.717, 1.165) is 0 Å². The summed E-state index contributed by atoms with van der Waals surface area (Å²) in [6, 6.07) is -4.99. The lowest BCUT2D eigenvalue weighted by Gasteiger charge is -2.26. The molecule has 0 aromatic rings. The maximum absolute atomic E-state index is 13.0. The van der Waals surface area contributed by atoms with Gasteiger partial charge in [0.1, 0.15) is 18.1 Å². The average Bonchev–Trinajstić information content (AvgIpc) is 2.79. The third-order valence-electron chi connectivity index (χ3n) is 4.74. The number of carboxylic acid groups (broad SMARTS) is 1. The number of aliphatic carboxylic acids is 1. The van der Waals surface area contributed by atoms with Crippen molar-refractivity contribution in [1.82, 2.24) is 16.0 Å². The van der Waals surface area contributed by atoms with E-state index < -0.39 is 54.0 Å². The summed E-state index contributed by atoms with van der Waals surface area (Å²) in [5.74, 6) is -4.18. The molecule has 0 radical (unpaired) electrons. The van der Waals surface area contributed by atoms with Crippen LogP contribution in [0.25, 0.3) is 0 Å². The normalized spacial score (nSPS) is 14.8. The molecule has 0 spiro atoms. The zero-order valence-corrected chi connectivity index (χ0v) is 21.0. The lowest BCUT2D eigenvalue weighted by molar-refractivity contribution is -0.142. The number of rotatable bonds is 17. The molecule has 17 heteroatoms. The molecule has 5 unspecified atom stereocenters. The number of aliphatic hydroxyl groups excluding tert-OH is 1. The Morgan fingerprint density at radius 1 is 0.833 bits per heavy atom. The summed E-state index contributed by atoms with van der Waals surface area (Å²) in [5, 5.41) is 26.2. The Morgan fingerprint density at radius 3 is 1.78 bits per heavy atom. The highest BCUT2D eigenvalue weighted by Gasteiger charge is 2.32. The van der Waals surface area contributed by atoms with Crippen LogP contribution >= 0.6 is 12.6 Å². The number of aliphatic imine (C=N–C) groups is 2. The fourth-order valence-electron chi connectivity index (χ4n) is 2.81. The number of guanidine groups is 2. The van der Waals surface area contributed by atoms with E-state index in [-0.39, 0.29) is 50.0 Å². The molecule has 16 nitrogen and oxygen atoms in total. The van der Waals surface area contributed by atoms with Crippen LogP contribution < -0.4 is 44.6 Å². The van der Waals surface area contributed by atoms with E-state index in [2.05, 4.69) is 38.6 Å². The molecule has 0 aliphatic rings. The fourth-order valence-corrected chi connectivity index (χ4v) is 3.06. The van der Waals surface area contributed by atoms with Gasteiger partial charge in [-0.1, -0.05) is 0 Å². The second-order valence-electron chi connectivity index (χ2n) is 7.87. The molecule has 3 amide bonds.